The first-order valence-electron chi connectivity index (χ1n) is 4.05. The summed E-state index contributed by atoms with van der Waals surface area (Å²) in [5.41, 5.74) is 0.544. The summed E-state index contributed by atoms with van der Waals surface area (Å²) in [6.07, 6.45) is 1.41. The van der Waals surface area contributed by atoms with Gasteiger partial charge in [-0.25, -0.2) is 0 Å². The van der Waals surface area contributed by atoms with Crippen LogP contribution in [-0.4, -0.2) is 11.3 Å². The Bertz CT molecular complexity index is 78.3. The number of hydrogen-bond acceptors (Lipinski definition) is 0. The van der Waals surface area contributed by atoms with Gasteiger partial charge >= 0.3 is 0 Å². The molecule has 0 spiro atoms. The standard InChI is InChI=1S/C9H21P/c1-8(2,3)7-10-9(4,5)6/h10H,7H2,1-6H3/p+1. The highest BCUT2D eigenvalue weighted by Gasteiger charge is 2.22. The van der Waals surface area contributed by atoms with Gasteiger partial charge in [-0.05, 0) is 34.8 Å². The summed E-state index contributed by atoms with van der Waals surface area (Å²) in [6, 6.07) is 0. The first-order valence-corrected chi connectivity index (χ1v) is 5.44. The van der Waals surface area contributed by atoms with Crippen molar-refractivity contribution in [3.8, 4) is 0 Å². The highest BCUT2D eigenvalue weighted by molar-refractivity contribution is 7.39. The molecule has 0 aromatic heterocycles. The van der Waals surface area contributed by atoms with Crippen molar-refractivity contribution >= 4 is 8.58 Å². The second-order valence-corrected chi connectivity index (χ2v) is 7.88. The smallest absolute Gasteiger partial charge is 0.0567 e. The maximum atomic E-state index is 2.34. The molecule has 0 amide bonds. The van der Waals surface area contributed by atoms with Gasteiger partial charge in [0.25, 0.3) is 0 Å². The summed E-state index contributed by atoms with van der Waals surface area (Å²) in [5.74, 6) is 0. The Morgan fingerprint density at radius 2 is 1.30 bits per heavy atom. The Labute approximate surface area is 67.6 Å². The number of hydrogen-bond donors (Lipinski definition) is 0. The normalized spacial score (nSPS) is 15.0. The van der Waals surface area contributed by atoms with Crippen LogP contribution in [0.25, 0.3) is 0 Å². The average Bonchev–Trinajstić information content (AvgIpc) is 1.57. The molecule has 0 N–H and O–H groups in total. The highest BCUT2D eigenvalue weighted by atomic mass is 31.1. The zero-order valence-electron chi connectivity index (χ0n) is 8.28. The average molecular weight is 161 g/mol. The molecule has 0 bridgehead atoms. The molecule has 0 rings (SSSR count). The highest BCUT2D eigenvalue weighted by Crippen LogP contribution is 2.35. The Balaban J connectivity index is 3.56. The molecule has 0 aliphatic heterocycles. The molecule has 0 aliphatic rings. The van der Waals surface area contributed by atoms with Crippen molar-refractivity contribution in [2.24, 2.45) is 5.41 Å². The van der Waals surface area contributed by atoms with Gasteiger partial charge in [0.05, 0.1) is 11.3 Å². The molecule has 1 unspecified atom stereocenters. The van der Waals surface area contributed by atoms with Crippen LogP contribution in [0.2, 0.25) is 0 Å². The van der Waals surface area contributed by atoms with E-state index >= 15 is 0 Å². The summed E-state index contributed by atoms with van der Waals surface area (Å²) in [5, 5.41) is 0.591. The van der Waals surface area contributed by atoms with Gasteiger partial charge < -0.3 is 0 Å². The van der Waals surface area contributed by atoms with Crippen molar-refractivity contribution in [1.82, 2.24) is 0 Å². The van der Waals surface area contributed by atoms with Crippen molar-refractivity contribution in [3.05, 3.63) is 0 Å². The van der Waals surface area contributed by atoms with Crippen molar-refractivity contribution < 1.29 is 0 Å². The van der Waals surface area contributed by atoms with E-state index in [-0.39, 0.29) is 0 Å². The molecule has 0 nitrogen and oxygen atoms in total. The molecule has 0 aromatic rings. The minimum atomic E-state index is 0.544. The van der Waals surface area contributed by atoms with Gasteiger partial charge in [-0.3, -0.25) is 0 Å². The lowest BCUT2D eigenvalue weighted by Crippen LogP contribution is -2.14. The summed E-state index contributed by atoms with van der Waals surface area (Å²) < 4.78 is 0. The first-order chi connectivity index (χ1) is 4.21. The minimum Gasteiger partial charge on any atom is -0.0567 e. The molecule has 62 valence electrons. The summed E-state index contributed by atoms with van der Waals surface area (Å²) >= 11 is 0. The lowest BCUT2D eigenvalue weighted by atomic mass is 10.0. The SMILES string of the molecule is CC(C)(C)C[PH2+]C(C)(C)C. The summed E-state index contributed by atoms with van der Waals surface area (Å²) in [4.78, 5) is 0. The lowest BCUT2D eigenvalue weighted by Gasteiger charge is -2.19. The predicted molar refractivity (Wildman–Crippen MR) is 53.8 cm³/mol. The van der Waals surface area contributed by atoms with Gasteiger partial charge in [0.2, 0.25) is 0 Å². The van der Waals surface area contributed by atoms with E-state index in [1.54, 1.807) is 0 Å². The predicted octanol–water partition coefficient (Wildman–Crippen LogP) is 3.24. The molecule has 0 saturated heterocycles. The maximum Gasteiger partial charge on any atom is 0.0670 e. The molecule has 0 aliphatic carbocycles. The van der Waals surface area contributed by atoms with E-state index in [2.05, 4.69) is 41.5 Å². The maximum absolute atomic E-state index is 2.34. The molecule has 1 heteroatoms. The number of rotatable bonds is 1. The third-order valence-electron chi connectivity index (χ3n) is 1.33. The fourth-order valence-corrected chi connectivity index (χ4v) is 1.84. The second kappa shape index (κ2) is 3.22. The summed E-state index contributed by atoms with van der Waals surface area (Å²) in [6.45, 7) is 14.0. The monoisotopic (exact) mass is 161 g/mol. The van der Waals surface area contributed by atoms with E-state index in [9.17, 15) is 0 Å². The molecule has 1 atom stereocenters. The van der Waals surface area contributed by atoms with Gasteiger partial charge in [0, 0.05) is 0 Å². The molecule has 0 saturated carbocycles. The van der Waals surface area contributed by atoms with E-state index in [4.69, 9.17) is 0 Å². The van der Waals surface area contributed by atoms with Gasteiger partial charge in [-0.15, -0.1) is 0 Å². The largest absolute Gasteiger partial charge is 0.0670 e. The van der Waals surface area contributed by atoms with Gasteiger partial charge in [-0.2, -0.15) is 0 Å². The fourth-order valence-electron chi connectivity index (χ4n) is 0.612. The molecule has 0 radical (unpaired) electrons. The molecule has 0 fully saturated rings. The third kappa shape index (κ3) is 8.43. The Morgan fingerprint density at radius 1 is 0.900 bits per heavy atom. The van der Waals surface area contributed by atoms with Crippen LogP contribution < -0.4 is 0 Å². The topological polar surface area (TPSA) is 0 Å². The van der Waals surface area contributed by atoms with E-state index < -0.39 is 0 Å². The quantitative estimate of drug-likeness (QED) is 0.518. The lowest BCUT2D eigenvalue weighted by molar-refractivity contribution is 0.476. The fraction of sp³-hybridized carbons (Fsp3) is 1.00. The van der Waals surface area contributed by atoms with Gasteiger partial charge in [-0.1, -0.05) is 20.8 Å². The minimum absolute atomic E-state index is 0.544. The van der Waals surface area contributed by atoms with Crippen LogP contribution in [0.1, 0.15) is 41.5 Å². The first kappa shape index (κ1) is 10.4. The molecule has 0 heterocycles. The van der Waals surface area contributed by atoms with E-state index in [0.717, 1.165) is 0 Å². The van der Waals surface area contributed by atoms with E-state index in [1.165, 1.54) is 6.16 Å². The van der Waals surface area contributed by atoms with E-state index in [1.807, 2.05) is 0 Å². The zero-order chi connectivity index (χ0) is 8.41. The molecular formula is C9H22P+. The van der Waals surface area contributed by atoms with Crippen molar-refractivity contribution in [1.29, 1.82) is 0 Å². The van der Waals surface area contributed by atoms with Crippen LogP contribution in [-0.2, 0) is 0 Å². The van der Waals surface area contributed by atoms with Crippen LogP contribution >= 0.6 is 8.58 Å². The zero-order valence-corrected chi connectivity index (χ0v) is 9.44. The van der Waals surface area contributed by atoms with Crippen molar-refractivity contribution in [3.63, 3.8) is 0 Å². The third-order valence-corrected chi connectivity index (χ3v) is 3.98. The van der Waals surface area contributed by atoms with Crippen molar-refractivity contribution in [2.45, 2.75) is 46.7 Å². The molecule has 10 heavy (non-hydrogen) atoms. The summed E-state index contributed by atoms with van der Waals surface area (Å²) in [7, 11) is 0.619. The van der Waals surface area contributed by atoms with Crippen LogP contribution in [0.3, 0.4) is 0 Å². The van der Waals surface area contributed by atoms with Gasteiger partial charge in [0.15, 0.2) is 0 Å². The Morgan fingerprint density at radius 3 is 1.40 bits per heavy atom. The second-order valence-electron chi connectivity index (χ2n) is 5.33. The van der Waals surface area contributed by atoms with Crippen LogP contribution in [0.4, 0.5) is 0 Å². The Hall–Kier alpha value is 0.430. The van der Waals surface area contributed by atoms with Crippen molar-refractivity contribution in [2.75, 3.05) is 6.16 Å². The van der Waals surface area contributed by atoms with Crippen LogP contribution in [0, 0.1) is 5.41 Å². The molecular weight excluding hydrogens is 139 g/mol. The molecule has 0 aromatic carbocycles. The van der Waals surface area contributed by atoms with Gasteiger partial charge in [0.1, 0.15) is 0 Å². The Kier molecular flexibility index (Phi) is 3.36. The van der Waals surface area contributed by atoms with E-state index in [0.29, 0.717) is 19.2 Å². The van der Waals surface area contributed by atoms with Crippen LogP contribution in [0.15, 0.2) is 0 Å². The van der Waals surface area contributed by atoms with Crippen LogP contribution in [0.5, 0.6) is 0 Å².